The molecule has 0 aliphatic carbocycles. The number of rotatable bonds is 4. The molecule has 0 spiro atoms. The predicted molar refractivity (Wildman–Crippen MR) is 84.3 cm³/mol. The Hall–Kier alpha value is -1.07. The summed E-state index contributed by atoms with van der Waals surface area (Å²) in [5.74, 6) is 0.659. The van der Waals surface area contributed by atoms with E-state index in [9.17, 15) is 8.42 Å². The highest BCUT2D eigenvalue weighted by Gasteiger charge is 2.32. The minimum atomic E-state index is -3.45. The van der Waals surface area contributed by atoms with Crippen LogP contribution in [0.3, 0.4) is 0 Å². The van der Waals surface area contributed by atoms with Crippen LogP contribution in [0.25, 0.3) is 0 Å². The normalized spacial score (nSPS) is 20.5. The first-order valence-electron chi connectivity index (χ1n) is 7.63. The first kappa shape index (κ1) is 16.3. The lowest BCUT2D eigenvalue weighted by atomic mass is 10.1. The van der Waals surface area contributed by atoms with Crippen LogP contribution in [0.5, 0.6) is 5.75 Å². The second-order valence-corrected chi connectivity index (χ2v) is 7.64. The number of ether oxygens (including phenoxy) is 1. The van der Waals surface area contributed by atoms with Crippen LogP contribution in [-0.4, -0.2) is 31.9 Å². The molecule has 1 atom stereocenters. The van der Waals surface area contributed by atoms with E-state index in [1.165, 1.54) is 0 Å². The van der Waals surface area contributed by atoms with Crippen molar-refractivity contribution < 1.29 is 13.2 Å². The van der Waals surface area contributed by atoms with Gasteiger partial charge >= 0.3 is 0 Å². The molecule has 1 aromatic carbocycles. The maximum Gasteiger partial charge on any atom is 0.243 e. The number of benzene rings is 1. The summed E-state index contributed by atoms with van der Waals surface area (Å²) in [6.07, 6.45) is 2.97. The molecule has 1 saturated heterocycles. The van der Waals surface area contributed by atoms with Crippen LogP contribution in [0.1, 0.15) is 44.2 Å². The Bertz CT molecular complexity index is 610. The van der Waals surface area contributed by atoms with E-state index in [0.29, 0.717) is 23.8 Å². The molecule has 0 bridgehead atoms. The molecule has 1 heterocycles. The Labute approximate surface area is 128 Å². The number of aryl methyl sites for hydroxylation is 2. The molecule has 0 saturated carbocycles. The number of piperidine rings is 1. The summed E-state index contributed by atoms with van der Waals surface area (Å²) < 4.78 is 33.1. The summed E-state index contributed by atoms with van der Waals surface area (Å²) in [5, 5.41) is 0. The molecule has 118 valence electrons. The van der Waals surface area contributed by atoms with Crippen molar-refractivity contribution >= 4 is 10.0 Å². The molecule has 21 heavy (non-hydrogen) atoms. The molecule has 4 nitrogen and oxygen atoms in total. The zero-order chi connectivity index (χ0) is 15.6. The van der Waals surface area contributed by atoms with E-state index in [1.807, 2.05) is 33.8 Å². The third kappa shape index (κ3) is 3.24. The van der Waals surface area contributed by atoms with Crippen molar-refractivity contribution in [3.63, 3.8) is 0 Å². The summed E-state index contributed by atoms with van der Waals surface area (Å²) in [5.41, 5.74) is 1.76. The zero-order valence-corrected chi connectivity index (χ0v) is 14.2. The van der Waals surface area contributed by atoms with Crippen LogP contribution in [0.15, 0.2) is 17.0 Å². The lowest BCUT2D eigenvalue weighted by Gasteiger charge is -2.32. The van der Waals surface area contributed by atoms with Gasteiger partial charge in [0.25, 0.3) is 0 Å². The van der Waals surface area contributed by atoms with Crippen molar-refractivity contribution in [1.82, 2.24) is 4.31 Å². The Morgan fingerprint density at radius 2 is 1.95 bits per heavy atom. The van der Waals surface area contributed by atoms with E-state index in [0.717, 1.165) is 30.4 Å². The van der Waals surface area contributed by atoms with Crippen molar-refractivity contribution in [2.75, 3.05) is 13.2 Å². The van der Waals surface area contributed by atoms with Crippen LogP contribution < -0.4 is 4.74 Å². The highest BCUT2D eigenvalue weighted by atomic mass is 32.2. The fourth-order valence-electron chi connectivity index (χ4n) is 2.96. The van der Waals surface area contributed by atoms with Crippen LogP contribution in [-0.2, 0) is 10.0 Å². The molecule has 1 aromatic rings. The summed E-state index contributed by atoms with van der Waals surface area (Å²) in [6, 6.07) is 3.65. The molecule has 2 rings (SSSR count). The van der Waals surface area contributed by atoms with Crippen molar-refractivity contribution in [1.29, 1.82) is 0 Å². The van der Waals surface area contributed by atoms with Gasteiger partial charge in [0, 0.05) is 18.7 Å². The molecule has 0 aromatic heterocycles. The molecule has 5 heteroatoms. The van der Waals surface area contributed by atoms with Gasteiger partial charge in [-0.2, -0.15) is 4.31 Å². The Morgan fingerprint density at radius 1 is 1.24 bits per heavy atom. The highest BCUT2D eigenvalue weighted by Crippen LogP contribution is 2.31. The Kier molecular flexibility index (Phi) is 4.94. The van der Waals surface area contributed by atoms with E-state index in [-0.39, 0.29) is 6.04 Å². The first-order valence-corrected chi connectivity index (χ1v) is 9.07. The number of hydrogen-bond acceptors (Lipinski definition) is 3. The van der Waals surface area contributed by atoms with E-state index in [1.54, 1.807) is 10.4 Å². The number of nitrogens with zero attached hydrogens (tertiary/aromatic N) is 1. The summed E-state index contributed by atoms with van der Waals surface area (Å²) in [6.45, 7) is 8.83. The third-order valence-electron chi connectivity index (χ3n) is 4.10. The largest absolute Gasteiger partial charge is 0.494 e. The van der Waals surface area contributed by atoms with Gasteiger partial charge in [0.05, 0.1) is 11.5 Å². The molecule has 0 N–H and O–H groups in total. The van der Waals surface area contributed by atoms with E-state index in [4.69, 9.17) is 4.74 Å². The smallest absolute Gasteiger partial charge is 0.243 e. The van der Waals surface area contributed by atoms with Crippen LogP contribution in [0, 0.1) is 13.8 Å². The van der Waals surface area contributed by atoms with Gasteiger partial charge in [0.15, 0.2) is 0 Å². The Morgan fingerprint density at radius 3 is 2.57 bits per heavy atom. The second kappa shape index (κ2) is 6.36. The fraction of sp³-hybridized carbons (Fsp3) is 0.625. The SMILES string of the molecule is CCOc1cc(S(=O)(=O)N2CCCC[C@@H]2C)c(C)cc1C. The lowest BCUT2D eigenvalue weighted by Crippen LogP contribution is -2.42. The van der Waals surface area contributed by atoms with Crippen molar-refractivity contribution in [3.8, 4) is 5.75 Å². The zero-order valence-electron chi connectivity index (χ0n) is 13.3. The lowest BCUT2D eigenvalue weighted by molar-refractivity contribution is 0.268. The molecular weight excluding hydrogens is 286 g/mol. The highest BCUT2D eigenvalue weighted by molar-refractivity contribution is 7.89. The van der Waals surface area contributed by atoms with Gasteiger partial charge in [-0.1, -0.05) is 12.5 Å². The monoisotopic (exact) mass is 311 g/mol. The molecular formula is C16H25NO3S. The predicted octanol–water partition coefficient (Wildman–Crippen LogP) is 3.27. The van der Waals surface area contributed by atoms with Crippen LogP contribution >= 0.6 is 0 Å². The topological polar surface area (TPSA) is 46.6 Å². The van der Waals surface area contributed by atoms with Gasteiger partial charge in [0.2, 0.25) is 10.0 Å². The van der Waals surface area contributed by atoms with Gasteiger partial charge in [-0.3, -0.25) is 0 Å². The number of sulfonamides is 1. The average molecular weight is 311 g/mol. The minimum absolute atomic E-state index is 0.0694. The molecule has 1 aliphatic rings. The fourth-order valence-corrected chi connectivity index (χ4v) is 4.88. The van der Waals surface area contributed by atoms with E-state index in [2.05, 4.69) is 0 Å². The van der Waals surface area contributed by atoms with Gasteiger partial charge in [-0.15, -0.1) is 0 Å². The van der Waals surface area contributed by atoms with Crippen LogP contribution in [0.2, 0.25) is 0 Å². The van der Waals surface area contributed by atoms with Crippen molar-refractivity contribution in [3.05, 3.63) is 23.3 Å². The van der Waals surface area contributed by atoms with Crippen molar-refractivity contribution in [2.24, 2.45) is 0 Å². The second-order valence-electron chi connectivity index (χ2n) is 5.78. The molecule has 0 unspecified atom stereocenters. The quantitative estimate of drug-likeness (QED) is 0.857. The minimum Gasteiger partial charge on any atom is -0.494 e. The molecule has 1 aliphatic heterocycles. The van der Waals surface area contributed by atoms with E-state index < -0.39 is 10.0 Å². The summed E-state index contributed by atoms with van der Waals surface area (Å²) in [7, 11) is -3.45. The standard InChI is InChI=1S/C16H25NO3S/c1-5-20-15-11-16(13(3)10-12(15)2)21(18,19)17-9-7-6-8-14(17)4/h10-11,14H,5-9H2,1-4H3/t14-/m0/s1. The van der Waals surface area contributed by atoms with Crippen LogP contribution in [0.4, 0.5) is 0 Å². The van der Waals surface area contributed by atoms with Crippen molar-refractivity contribution in [2.45, 2.75) is 57.9 Å². The summed E-state index contributed by atoms with van der Waals surface area (Å²) >= 11 is 0. The molecule has 0 radical (unpaired) electrons. The maximum atomic E-state index is 13.0. The molecule has 1 fully saturated rings. The maximum absolute atomic E-state index is 13.0. The molecule has 0 amide bonds. The van der Waals surface area contributed by atoms with E-state index >= 15 is 0 Å². The number of hydrogen-bond donors (Lipinski definition) is 0. The third-order valence-corrected chi connectivity index (χ3v) is 6.26. The summed E-state index contributed by atoms with van der Waals surface area (Å²) in [4.78, 5) is 0.380. The first-order chi connectivity index (χ1) is 9.87. The van der Waals surface area contributed by atoms with Gasteiger partial charge in [-0.05, 0) is 51.7 Å². The average Bonchev–Trinajstić information content (AvgIpc) is 2.42. The Balaban J connectivity index is 2.46. The van der Waals surface area contributed by atoms with Gasteiger partial charge < -0.3 is 4.74 Å². The van der Waals surface area contributed by atoms with Gasteiger partial charge in [0.1, 0.15) is 5.75 Å². The van der Waals surface area contributed by atoms with Gasteiger partial charge in [-0.25, -0.2) is 8.42 Å².